The largest absolute Gasteiger partial charge is 0.456 e. The van der Waals surface area contributed by atoms with Crippen LogP contribution in [0.3, 0.4) is 0 Å². The predicted molar refractivity (Wildman–Crippen MR) is 153 cm³/mol. The Bertz CT molecular complexity index is 1290. The SMILES string of the molecule is COC1CC2OCC2(O)C2(C)[C@H](C)C3(O)CC(OC(=O)C(O)[C@@H](C)c4ccccc4)C(C)=C(C(O)C(=O)[C@]12C)C3(C)C. The number of aliphatic hydroxyl groups is 4. The van der Waals surface area contributed by atoms with E-state index in [1.807, 2.05) is 37.3 Å². The average Bonchev–Trinajstić information content (AvgIpc) is 2.96. The molecule has 4 N–H and O–H groups in total. The molecular formula is C33H46O9. The van der Waals surface area contributed by atoms with Crippen molar-refractivity contribution < 1.29 is 44.2 Å². The third-order valence-electron chi connectivity index (χ3n) is 12.4. The molecule has 1 aromatic rings. The monoisotopic (exact) mass is 586 g/mol. The minimum Gasteiger partial charge on any atom is -0.456 e. The average molecular weight is 587 g/mol. The quantitative estimate of drug-likeness (QED) is 0.303. The molecule has 3 aliphatic carbocycles. The number of carbonyl (C=O) groups excluding carboxylic acids is 2. The van der Waals surface area contributed by atoms with Crippen LogP contribution in [0.1, 0.15) is 72.8 Å². The molecule has 9 nitrogen and oxygen atoms in total. The number of aliphatic hydroxyl groups excluding tert-OH is 2. The lowest BCUT2D eigenvalue weighted by Gasteiger charge is -2.72. The van der Waals surface area contributed by atoms with E-state index >= 15 is 0 Å². The van der Waals surface area contributed by atoms with E-state index in [1.54, 1.807) is 41.5 Å². The minimum absolute atomic E-state index is 0.0197. The second-order valence-electron chi connectivity index (χ2n) is 14.0. The van der Waals surface area contributed by atoms with E-state index in [4.69, 9.17) is 14.2 Å². The van der Waals surface area contributed by atoms with E-state index in [0.717, 1.165) is 5.56 Å². The standard InChI is InChI=1S/C33H46O9/c1-17(20-12-10-9-11-13-20)25(34)28(37)42-21-15-32(38)19(3)31(7)30(6,22(40-8)14-23-33(31,39)16-41-23)27(36)26(35)24(18(21)2)29(32,4)5/h9-13,17,19,21-23,25-26,34-35,38-39H,14-16H2,1-8H3/t17-,19-,21?,22?,23?,25?,26?,30-,31?,32?,33?/m0/s1. The molecule has 1 aliphatic heterocycles. The van der Waals surface area contributed by atoms with Crippen molar-refractivity contribution in [2.75, 3.05) is 13.7 Å². The number of hydrogen-bond acceptors (Lipinski definition) is 9. The Balaban J connectivity index is 1.62. The van der Waals surface area contributed by atoms with Crippen LogP contribution in [0.4, 0.5) is 0 Å². The third kappa shape index (κ3) is 3.70. The second-order valence-corrected chi connectivity index (χ2v) is 14.0. The molecule has 4 aliphatic rings. The first-order valence-corrected chi connectivity index (χ1v) is 14.9. The Hall–Kier alpha value is -2.14. The topological polar surface area (TPSA) is 143 Å². The van der Waals surface area contributed by atoms with Crippen molar-refractivity contribution in [3.05, 3.63) is 47.0 Å². The summed E-state index contributed by atoms with van der Waals surface area (Å²) in [6.45, 7) is 12.3. The molecule has 11 atom stereocenters. The number of methoxy groups -OCH3 is 1. The summed E-state index contributed by atoms with van der Waals surface area (Å²) < 4.78 is 17.6. The Labute approximate surface area is 247 Å². The molecule has 1 heterocycles. The van der Waals surface area contributed by atoms with Crippen LogP contribution in [0.5, 0.6) is 0 Å². The fraction of sp³-hybridized carbons (Fsp3) is 0.697. The molecule has 1 aromatic carbocycles. The van der Waals surface area contributed by atoms with Gasteiger partial charge in [0.25, 0.3) is 0 Å². The fourth-order valence-corrected chi connectivity index (χ4v) is 9.13. The van der Waals surface area contributed by atoms with Crippen molar-refractivity contribution in [2.45, 2.75) is 109 Å². The van der Waals surface area contributed by atoms with Gasteiger partial charge in [-0.1, -0.05) is 65.0 Å². The number of rotatable bonds is 5. The van der Waals surface area contributed by atoms with Crippen LogP contribution >= 0.6 is 0 Å². The number of fused-ring (bicyclic) bond motifs is 5. The second kappa shape index (κ2) is 9.94. The van der Waals surface area contributed by atoms with Gasteiger partial charge in [-0.15, -0.1) is 0 Å². The molecule has 9 heteroatoms. The van der Waals surface area contributed by atoms with Gasteiger partial charge in [0.2, 0.25) is 0 Å². The Kier molecular flexibility index (Phi) is 7.40. The predicted octanol–water partition coefficient (Wildman–Crippen LogP) is 2.68. The molecule has 0 spiro atoms. The normalized spacial score (nSPS) is 44.1. The van der Waals surface area contributed by atoms with Gasteiger partial charge in [0, 0.05) is 36.7 Å². The molecule has 8 unspecified atom stereocenters. The maximum atomic E-state index is 14.6. The lowest BCUT2D eigenvalue weighted by Crippen LogP contribution is -2.83. The first-order valence-electron chi connectivity index (χ1n) is 14.9. The van der Waals surface area contributed by atoms with Crippen LogP contribution in [0.25, 0.3) is 0 Å². The molecule has 1 saturated heterocycles. The zero-order chi connectivity index (χ0) is 31.2. The summed E-state index contributed by atoms with van der Waals surface area (Å²) in [6, 6.07) is 9.13. The molecule has 5 rings (SSSR count). The molecule has 232 valence electrons. The Morgan fingerprint density at radius 3 is 2.26 bits per heavy atom. The highest BCUT2D eigenvalue weighted by molar-refractivity contribution is 5.94. The van der Waals surface area contributed by atoms with Crippen molar-refractivity contribution in [3.63, 3.8) is 0 Å². The lowest BCUT2D eigenvalue weighted by molar-refractivity contribution is -0.373. The van der Waals surface area contributed by atoms with Gasteiger partial charge in [0.05, 0.1) is 29.8 Å². The summed E-state index contributed by atoms with van der Waals surface area (Å²) in [5.41, 5.74) is -5.46. The number of ether oxygens (including phenoxy) is 3. The lowest BCUT2D eigenvalue weighted by atomic mass is 9.36. The highest BCUT2D eigenvalue weighted by Crippen LogP contribution is 2.70. The Morgan fingerprint density at radius 1 is 1.10 bits per heavy atom. The highest BCUT2D eigenvalue weighted by Gasteiger charge is 2.79. The van der Waals surface area contributed by atoms with Crippen molar-refractivity contribution in [2.24, 2.45) is 22.2 Å². The van der Waals surface area contributed by atoms with Crippen LogP contribution in [-0.2, 0) is 23.8 Å². The van der Waals surface area contributed by atoms with E-state index in [2.05, 4.69) is 0 Å². The van der Waals surface area contributed by atoms with Crippen LogP contribution in [0.2, 0.25) is 0 Å². The summed E-state index contributed by atoms with van der Waals surface area (Å²) in [7, 11) is 1.50. The summed E-state index contributed by atoms with van der Waals surface area (Å²) in [5.74, 6) is -2.68. The van der Waals surface area contributed by atoms with Gasteiger partial charge < -0.3 is 34.6 Å². The van der Waals surface area contributed by atoms with E-state index < -0.39 is 81.6 Å². The van der Waals surface area contributed by atoms with Gasteiger partial charge in [0.15, 0.2) is 11.9 Å². The number of benzene rings is 1. The molecule has 2 saturated carbocycles. The number of carbonyl (C=O) groups is 2. The summed E-state index contributed by atoms with van der Waals surface area (Å²) >= 11 is 0. The molecule has 2 bridgehead atoms. The molecular weight excluding hydrogens is 540 g/mol. The maximum Gasteiger partial charge on any atom is 0.336 e. The van der Waals surface area contributed by atoms with E-state index in [0.29, 0.717) is 5.57 Å². The number of hydrogen-bond donors (Lipinski definition) is 4. The molecule has 3 fully saturated rings. The summed E-state index contributed by atoms with van der Waals surface area (Å²) in [5, 5.41) is 47.9. The first-order chi connectivity index (χ1) is 19.4. The summed E-state index contributed by atoms with van der Waals surface area (Å²) in [4.78, 5) is 27.9. The first kappa shape index (κ1) is 31.3. The van der Waals surface area contributed by atoms with Crippen LogP contribution in [0, 0.1) is 22.2 Å². The molecule has 0 radical (unpaired) electrons. The van der Waals surface area contributed by atoms with Gasteiger partial charge in [-0.3, -0.25) is 4.79 Å². The molecule has 0 aromatic heterocycles. The van der Waals surface area contributed by atoms with Gasteiger partial charge in [-0.25, -0.2) is 4.79 Å². The number of ketones is 1. The van der Waals surface area contributed by atoms with Crippen LogP contribution in [-0.4, -0.2) is 87.6 Å². The maximum absolute atomic E-state index is 14.6. The van der Waals surface area contributed by atoms with Crippen molar-refractivity contribution in [1.82, 2.24) is 0 Å². The summed E-state index contributed by atoms with van der Waals surface area (Å²) in [6.07, 6.45) is -5.24. The Morgan fingerprint density at radius 2 is 1.71 bits per heavy atom. The highest BCUT2D eigenvalue weighted by atomic mass is 16.6. The van der Waals surface area contributed by atoms with Gasteiger partial charge >= 0.3 is 5.97 Å². The van der Waals surface area contributed by atoms with Crippen molar-refractivity contribution in [1.29, 1.82) is 0 Å². The fourth-order valence-electron chi connectivity index (χ4n) is 9.13. The van der Waals surface area contributed by atoms with Crippen molar-refractivity contribution in [3.8, 4) is 0 Å². The van der Waals surface area contributed by atoms with Crippen molar-refractivity contribution >= 4 is 11.8 Å². The number of Topliss-reactive ketones (excluding diaryl/α,β-unsaturated/α-hetero) is 1. The van der Waals surface area contributed by atoms with E-state index in [-0.39, 0.29) is 25.0 Å². The van der Waals surface area contributed by atoms with Gasteiger partial charge in [0.1, 0.15) is 17.8 Å². The van der Waals surface area contributed by atoms with Gasteiger partial charge in [-0.05, 0) is 36.5 Å². The smallest absolute Gasteiger partial charge is 0.336 e. The zero-order valence-corrected chi connectivity index (χ0v) is 25.9. The van der Waals surface area contributed by atoms with Crippen LogP contribution < -0.4 is 0 Å². The number of esters is 1. The van der Waals surface area contributed by atoms with E-state index in [9.17, 15) is 30.0 Å². The molecule has 0 amide bonds. The zero-order valence-electron chi connectivity index (χ0n) is 25.9. The van der Waals surface area contributed by atoms with E-state index in [1.165, 1.54) is 7.11 Å². The molecule has 42 heavy (non-hydrogen) atoms. The van der Waals surface area contributed by atoms with Gasteiger partial charge in [-0.2, -0.15) is 0 Å². The van der Waals surface area contributed by atoms with Crippen LogP contribution in [0.15, 0.2) is 41.5 Å². The third-order valence-corrected chi connectivity index (χ3v) is 12.4. The minimum atomic E-state index is -1.66.